The first-order chi connectivity index (χ1) is 28.1. The Hall–Kier alpha value is -7.16. The van der Waals surface area contributed by atoms with E-state index < -0.39 is 0 Å². The fourth-order valence-electron chi connectivity index (χ4n) is 9.45. The first-order valence-electron chi connectivity index (χ1n) is 19.8. The van der Waals surface area contributed by atoms with E-state index in [2.05, 4.69) is 121 Å². The summed E-state index contributed by atoms with van der Waals surface area (Å²) in [6.45, 7) is 0. The van der Waals surface area contributed by atoms with Crippen LogP contribution in [0.5, 0.6) is 0 Å². The standard InChI is InChI=1S/C52H36N4O/c53-32-33-19-25-42-45(29-33)52(27-7-2-8-28-52)44-17-10-16-40(48(42)44)37-13-9-14-38(30-37)50-54-49(36-22-20-35(21-23-36)34-11-3-1-4-12-34)55-51(56-50)39-24-26-47-43(31-39)41-15-5-6-18-46(41)57-47/h1,3-6,9-26,29-31H,2,7-8,27-28H2. The van der Waals surface area contributed by atoms with Gasteiger partial charge in [-0.25, -0.2) is 15.0 Å². The van der Waals surface area contributed by atoms with E-state index in [0.717, 1.165) is 73.7 Å². The highest BCUT2D eigenvalue weighted by molar-refractivity contribution is 6.06. The molecule has 7 aromatic carbocycles. The summed E-state index contributed by atoms with van der Waals surface area (Å²) in [5.74, 6) is 1.82. The van der Waals surface area contributed by atoms with Crippen molar-refractivity contribution in [3.8, 4) is 73.6 Å². The summed E-state index contributed by atoms with van der Waals surface area (Å²) in [5, 5.41) is 12.0. The molecule has 2 aliphatic rings. The van der Waals surface area contributed by atoms with E-state index in [1.165, 1.54) is 47.1 Å². The van der Waals surface area contributed by atoms with Crippen molar-refractivity contribution in [2.24, 2.45) is 0 Å². The number of hydrogen-bond donors (Lipinski definition) is 0. The van der Waals surface area contributed by atoms with Crippen molar-refractivity contribution in [2.75, 3.05) is 0 Å². The first-order valence-corrected chi connectivity index (χ1v) is 19.8. The van der Waals surface area contributed by atoms with Crippen molar-refractivity contribution >= 4 is 21.9 Å². The molecule has 0 N–H and O–H groups in total. The van der Waals surface area contributed by atoms with Crippen LogP contribution < -0.4 is 0 Å². The second kappa shape index (κ2) is 13.3. The van der Waals surface area contributed by atoms with E-state index in [9.17, 15) is 5.26 Å². The maximum atomic E-state index is 9.90. The Kier molecular flexibility index (Phi) is 7.72. The zero-order valence-corrected chi connectivity index (χ0v) is 31.2. The van der Waals surface area contributed by atoms with Gasteiger partial charge in [0.25, 0.3) is 0 Å². The number of furan rings is 1. The number of fused-ring (bicyclic) bond motifs is 8. The lowest BCUT2D eigenvalue weighted by molar-refractivity contribution is 0.353. The Morgan fingerprint density at radius 2 is 1.09 bits per heavy atom. The van der Waals surface area contributed by atoms with Gasteiger partial charge in [0.1, 0.15) is 11.2 Å². The second-order valence-corrected chi connectivity index (χ2v) is 15.4. The normalized spacial score (nSPS) is 14.1. The third kappa shape index (κ3) is 5.48. The van der Waals surface area contributed by atoms with Crippen LogP contribution in [0.2, 0.25) is 0 Å². The van der Waals surface area contributed by atoms with Gasteiger partial charge in [0, 0.05) is 32.9 Å². The molecule has 2 aliphatic carbocycles. The molecule has 2 heterocycles. The molecule has 0 aliphatic heterocycles. The number of rotatable bonds is 5. The van der Waals surface area contributed by atoms with Gasteiger partial charge in [-0.05, 0) is 99.8 Å². The van der Waals surface area contributed by atoms with E-state index in [0.29, 0.717) is 17.5 Å². The molecule has 0 radical (unpaired) electrons. The molecular weight excluding hydrogens is 697 g/mol. The highest BCUT2D eigenvalue weighted by Gasteiger charge is 2.44. The van der Waals surface area contributed by atoms with Gasteiger partial charge in [0.15, 0.2) is 17.5 Å². The lowest BCUT2D eigenvalue weighted by Gasteiger charge is -2.36. The third-order valence-corrected chi connectivity index (χ3v) is 12.2. The number of para-hydroxylation sites is 1. The van der Waals surface area contributed by atoms with Crippen molar-refractivity contribution in [2.45, 2.75) is 37.5 Å². The van der Waals surface area contributed by atoms with Crippen molar-refractivity contribution in [1.82, 2.24) is 15.0 Å². The van der Waals surface area contributed by atoms with Gasteiger partial charge in [-0.1, -0.05) is 135 Å². The Labute approximate surface area is 331 Å². The van der Waals surface area contributed by atoms with Crippen LogP contribution in [0.3, 0.4) is 0 Å². The fraction of sp³-hybridized carbons (Fsp3) is 0.115. The summed E-state index contributed by atoms with van der Waals surface area (Å²) in [7, 11) is 0. The molecular formula is C52H36N4O. The van der Waals surface area contributed by atoms with Crippen LogP contribution in [0.15, 0.2) is 162 Å². The van der Waals surface area contributed by atoms with Crippen LogP contribution in [-0.4, -0.2) is 15.0 Å². The molecule has 9 aromatic rings. The minimum atomic E-state index is -0.0567. The summed E-state index contributed by atoms with van der Waals surface area (Å²) in [6.07, 6.45) is 5.85. The molecule has 0 amide bonds. The van der Waals surface area contributed by atoms with Crippen LogP contribution in [0, 0.1) is 11.3 Å². The molecule has 0 atom stereocenters. The van der Waals surface area contributed by atoms with Gasteiger partial charge in [-0.2, -0.15) is 5.26 Å². The molecule has 5 nitrogen and oxygen atoms in total. The lowest BCUT2D eigenvalue weighted by atomic mass is 9.67. The van der Waals surface area contributed by atoms with Crippen molar-refractivity contribution in [3.05, 3.63) is 174 Å². The van der Waals surface area contributed by atoms with Gasteiger partial charge >= 0.3 is 0 Å². The largest absolute Gasteiger partial charge is 0.456 e. The minimum absolute atomic E-state index is 0.0567. The molecule has 5 heteroatoms. The maximum absolute atomic E-state index is 9.90. The Balaban J connectivity index is 1.06. The quantitative estimate of drug-likeness (QED) is 0.176. The van der Waals surface area contributed by atoms with E-state index >= 15 is 0 Å². The van der Waals surface area contributed by atoms with Crippen molar-refractivity contribution in [1.29, 1.82) is 5.26 Å². The molecule has 2 aromatic heterocycles. The zero-order valence-electron chi connectivity index (χ0n) is 31.2. The van der Waals surface area contributed by atoms with Crippen LogP contribution in [0.25, 0.3) is 89.5 Å². The van der Waals surface area contributed by atoms with E-state index in [-0.39, 0.29) is 5.41 Å². The van der Waals surface area contributed by atoms with E-state index in [4.69, 9.17) is 19.4 Å². The van der Waals surface area contributed by atoms with Crippen LogP contribution >= 0.6 is 0 Å². The Morgan fingerprint density at radius 1 is 0.456 bits per heavy atom. The van der Waals surface area contributed by atoms with Crippen LogP contribution in [0.1, 0.15) is 48.8 Å². The average molecular weight is 733 g/mol. The lowest BCUT2D eigenvalue weighted by Crippen LogP contribution is -2.28. The first kappa shape index (κ1) is 33.2. The molecule has 57 heavy (non-hydrogen) atoms. The summed E-state index contributed by atoms with van der Waals surface area (Å²) in [6, 6.07) is 57.2. The summed E-state index contributed by atoms with van der Waals surface area (Å²) < 4.78 is 6.17. The molecule has 0 unspecified atom stereocenters. The predicted molar refractivity (Wildman–Crippen MR) is 228 cm³/mol. The highest BCUT2D eigenvalue weighted by atomic mass is 16.3. The number of hydrogen-bond acceptors (Lipinski definition) is 5. The van der Waals surface area contributed by atoms with Gasteiger partial charge in [0.2, 0.25) is 0 Å². The molecule has 1 spiro atoms. The molecule has 1 saturated carbocycles. The maximum Gasteiger partial charge on any atom is 0.164 e. The number of nitrogens with zero attached hydrogens (tertiary/aromatic N) is 4. The summed E-state index contributed by atoms with van der Waals surface area (Å²) >= 11 is 0. The molecule has 270 valence electrons. The average Bonchev–Trinajstić information content (AvgIpc) is 3.79. The monoisotopic (exact) mass is 732 g/mol. The van der Waals surface area contributed by atoms with Gasteiger partial charge in [-0.3, -0.25) is 0 Å². The van der Waals surface area contributed by atoms with Gasteiger partial charge in [-0.15, -0.1) is 0 Å². The summed E-state index contributed by atoms with van der Waals surface area (Å²) in [5.41, 5.74) is 14.9. The van der Waals surface area contributed by atoms with Crippen LogP contribution in [-0.2, 0) is 5.41 Å². The Bertz CT molecular complexity index is 3060. The number of aromatic nitrogens is 3. The van der Waals surface area contributed by atoms with Crippen LogP contribution in [0.4, 0.5) is 0 Å². The van der Waals surface area contributed by atoms with Crippen molar-refractivity contribution < 1.29 is 4.42 Å². The van der Waals surface area contributed by atoms with E-state index in [1.54, 1.807) is 0 Å². The predicted octanol–water partition coefficient (Wildman–Crippen LogP) is 13.2. The highest BCUT2D eigenvalue weighted by Crippen LogP contribution is 2.58. The fourth-order valence-corrected chi connectivity index (χ4v) is 9.45. The zero-order chi connectivity index (χ0) is 37.9. The molecule has 0 saturated heterocycles. The molecule has 0 bridgehead atoms. The van der Waals surface area contributed by atoms with Gasteiger partial charge < -0.3 is 4.42 Å². The SMILES string of the molecule is N#Cc1ccc2c(c1)C1(CCCCC1)c1cccc(-c3cccc(-c4nc(-c5ccc(-c6ccccc6)cc5)nc(-c5ccc6oc7ccccc7c6c5)n4)c3)c1-2. The van der Waals surface area contributed by atoms with E-state index in [1.807, 2.05) is 42.5 Å². The summed E-state index contributed by atoms with van der Waals surface area (Å²) in [4.78, 5) is 15.5. The smallest absolute Gasteiger partial charge is 0.164 e. The second-order valence-electron chi connectivity index (χ2n) is 15.4. The topological polar surface area (TPSA) is 75.6 Å². The third-order valence-electron chi connectivity index (χ3n) is 12.2. The number of benzene rings is 7. The Morgan fingerprint density at radius 3 is 1.89 bits per heavy atom. The van der Waals surface area contributed by atoms with Gasteiger partial charge in [0.05, 0.1) is 11.6 Å². The molecule has 11 rings (SSSR count). The molecule has 1 fully saturated rings. The number of nitriles is 1. The van der Waals surface area contributed by atoms with Crippen molar-refractivity contribution in [3.63, 3.8) is 0 Å². The minimum Gasteiger partial charge on any atom is -0.456 e.